The molecule has 0 aliphatic heterocycles. The van der Waals surface area contributed by atoms with E-state index in [9.17, 15) is 4.79 Å². The molecule has 1 aliphatic carbocycles. The van der Waals surface area contributed by atoms with E-state index in [4.69, 9.17) is 16.0 Å². The van der Waals surface area contributed by atoms with Crippen LogP contribution in [0, 0.1) is 5.92 Å². The fourth-order valence-electron chi connectivity index (χ4n) is 4.56. The molecule has 4 aromatic rings. The van der Waals surface area contributed by atoms with Crippen LogP contribution in [-0.2, 0) is 4.79 Å². The summed E-state index contributed by atoms with van der Waals surface area (Å²) in [6, 6.07) is 23.1. The standard InChI is InChI=1S/C26H23ClN2O2/c27-21-15-14-19(16-20(21)26-29-22-12-6-7-13-23(22)31-26)28-25(30)24(18-10-4-5-11-18)17-8-2-1-3-9-17/h1-3,6-9,12-16,18,24H,4-5,10-11H2,(H,28,30)/t24-/m0/s1. The maximum Gasteiger partial charge on any atom is 0.232 e. The van der Waals surface area contributed by atoms with Crippen LogP contribution in [0.1, 0.15) is 37.2 Å². The molecule has 0 unspecified atom stereocenters. The van der Waals surface area contributed by atoms with Gasteiger partial charge in [0.05, 0.1) is 16.5 Å². The van der Waals surface area contributed by atoms with Gasteiger partial charge in [-0.05, 0) is 54.7 Å². The van der Waals surface area contributed by atoms with E-state index in [1.54, 1.807) is 6.07 Å². The monoisotopic (exact) mass is 430 g/mol. The van der Waals surface area contributed by atoms with Crippen molar-refractivity contribution in [1.82, 2.24) is 4.98 Å². The van der Waals surface area contributed by atoms with E-state index >= 15 is 0 Å². The molecule has 0 radical (unpaired) electrons. The molecule has 0 bridgehead atoms. The number of fused-ring (bicyclic) bond motifs is 1. The van der Waals surface area contributed by atoms with Crippen LogP contribution in [0.25, 0.3) is 22.6 Å². The normalized spacial score (nSPS) is 15.3. The first-order chi connectivity index (χ1) is 15.2. The first-order valence-electron chi connectivity index (χ1n) is 10.7. The van der Waals surface area contributed by atoms with Gasteiger partial charge in [-0.3, -0.25) is 4.79 Å². The summed E-state index contributed by atoms with van der Waals surface area (Å²) in [5.74, 6) is 0.667. The lowest BCUT2D eigenvalue weighted by Gasteiger charge is -2.23. The average molecular weight is 431 g/mol. The number of oxazole rings is 1. The number of para-hydroxylation sites is 2. The molecule has 1 saturated carbocycles. The Hall–Kier alpha value is -3.11. The minimum atomic E-state index is -0.160. The first-order valence-corrected chi connectivity index (χ1v) is 11.1. The molecule has 1 atom stereocenters. The number of amides is 1. The predicted octanol–water partition coefficient (Wildman–Crippen LogP) is 7.06. The molecule has 31 heavy (non-hydrogen) atoms. The smallest absolute Gasteiger partial charge is 0.232 e. The van der Waals surface area contributed by atoms with Crippen molar-refractivity contribution in [2.75, 3.05) is 5.32 Å². The molecule has 1 aromatic heterocycles. The van der Waals surface area contributed by atoms with Crippen molar-refractivity contribution in [3.63, 3.8) is 0 Å². The minimum absolute atomic E-state index is 0.0175. The van der Waals surface area contributed by atoms with Gasteiger partial charge < -0.3 is 9.73 Å². The van der Waals surface area contributed by atoms with Crippen LogP contribution in [0.2, 0.25) is 5.02 Å². The largest absolute Gasteiger partial charge is 0.436 e. The minimum Gasteiger partial charge on any atom is -0.436 e. The third-order valence-electron chi connectivity index (χ3n) is 6.07. The Balaban J connectivity index is 1.45. The molecule has 1 amide bonds. The summed E-state index contributed by atoms with van der Waals surface area (Å²) < 4.78 is 5.88. The van der Waals surface area contributed by atoms with Gasteiger partial charge in [0.1, 0.15) is 5.52 Å². The third kappa shape index (κ3) is 4.08. The average Bonchev–Trinajstić information content (AvgIpc) is 3.46. The zero-order valence-corrected chi connectivity index (χ0v) is 17.8. The van der Waals surface area contributed by atoms with Crippen LogP contribution in [-0.4, -0.2) is 10.9 Å². The number of anilines is 1. The molecule has 0 saturated heterocycles. The maximum absolute atomic E-state index is 13.4. The van der Waals surface area contributed by atoms with Gasteiger partial charge in [-0.1, -0.05) is 66.9 Å². The summed E-state index contributed by atoms with van der Waals surface area (Å²) in [6.45, 7) is 0. The van der Waals surface area contributed by atoms with Crippen LogP contribution in [0.5, 0.6) is 0 Å². The number of halogens is 1. The summed E-state index contributed by atoms with van der Waals surface area (Å²) in [4.78, 5) is 17.9. The fourth-order valence-corrected chi connectivity index (χ4v) is 4.76. The van der Waals surface area contributed by atoms with E-state index in [1.807, 2.05) is 66.7 Å². The van der Waals surface area contributed by atoms with E-state index in [1.165, 1.54) is 12.8 Å². The van der Waals surface area contributed by atoms with Crippen molar-refractivity contribution in [3.05, 3.63) is 83.4 Å². The van der Waals surface area contributed by atoms with Gasteiger partial charge in [-0.15, -0.1) is 0 Å². The Morgan fingerprint density at radius 2 is 1.74 bits per heavy atom. The van der Waals surface area contributed by atoms with E-state index in [-0.39, 0.29) is 11.8 Å². The van der Waals surface area contributed by atoms with Gasteiger partial charge in [0.2, 0.25) is 11.8 Å². The van der Waals surface area contributed by atoms with Crippen molar-refractivity contribution >= 4 is 34.3 Å². The zero-order valence-electron chi connectivity index (χ0n) is 17.1. The van der Waals surface area contributed by atoms with Crippen LogP contribution in [0.4, 0.5) is 5.69 Å². The summed E-state index contributed by atoms with van der Waals surface area (Å²) in [7, 11) is 0. The second-order valence-electron chi connectivity index (χ2n) is 8.10. The zero-order chi connectivity index (χ0) is 21.2. The van der Waals surface area contributed by atoms with Crippen molar-refractivity contribution in [2.24, 2.45) is 5.92 Å². The molecule has 5 heteroatoms. The van der Waals surface area contributed by atoms with Gasteiger partial charge in [0.15, 0.2) is 5.58 Å². The van der Waals surface area contributed by atoms with Crippen molar-refractivity contribution in [2.45, 2.75) is 31.6 Å². The number of nitrogens with one attached hydrogen (secondary N) is 1. The van der Waals surface area contributed by atoms with E-state index in [0.29, 0.717) is 33.7 Å². The third-order valence-corrected chi connectivity index (χ3v) is 6.40. The summed E-state index contributed by atoms with van der Waals surface area (Å²) in [5.41, 5.74) is 3.89. The lowest BCUT2D eigenvalue weighted by atomic mass is 9.84. The second-order valence-corrected chi connectivity index (χ2v) is 8.51. The molecular weight excluding hydrogens is 408 g/mol. The number of benzene rings is 3. The molecule has 4 nitrogen and oxygen atoms in total. The van der Waals surface area contributed by atoms with E-state index in [0.717, 1.165) is 23.9 Å². The Bertz CT molecular complexity index is 1180. The highest BCUT2D eigenvalue weighted by atomic mass is 35.5. The van der Waals surface area contributed by atoms with Gasteiger partial charge in [-0.25, -0.2) is 4.98 Å². The van der Waals surface area contributed by atoms with Crippen LogP contribution < -0.4 is 5.32 Å². The van der Waals surface area contributed by atoms with Gasteiger partial charge in [0.25, 0.3) is 0 Å². The number of carbonyl (C=O) groups is 1. The fraction of sp³-hybridized carbons (Fsp3) is 0.231. The Morgan fingerprint density at radius 3 is 2.52 bits per heavy atom. The lowest BCUT2D eigenvalue weighted by molar-refractivity contribution is -0.118. The van der Waals surface area contributed by atoms with Crippen LogP contribution in [0.3, 0.4) is 0 Å². The molecule has 1 fully saturated rings. The number of aromatic nitrogens is 1. The second kappa shape index (κ2) is 8.56. The molecule has 1 heterocycles. The number of hydrogen-bond donors (Lipinski definition) is 1. The van der Waals surface area contributed by atoms with Crippen molar-refractivity contribution < 1.29 is 9.21 Å². The van der Waals surface area contributed by atoms with E-state index in [2.05, 4.69) is 10.3 Å². The number of carbonyl (C=O) groups excluding carboxylic acids is 1. The lowest BCUT2D eigenvalue weighted by Crippen LogP contribution is -2.26. The van der Waals surface area contributed by atoms with Gasteiger partial charge >= 0.3 is 0 Å². The van der Waals surface area contributed by atoms with Gasteiger partial charge in [-0.2, -0.15) is 0 Å². The SMILES string of the molecule is O=C(Nc1ccc(Cl)c(-c2nc3ccccc3o2)c1)[C@@H](c1ccccc1)C1CCCC1. The van der Waals surface area contributed by atoms with Crippen LogP contribution >= 0.6 is 11.6 Å². The Morgan fingerprint density at radius 1 is 1.00 bits per heavy atom. The molecule has 0 spiro atoms. The maximum atomic E-state index is 13.4. The van der Waals surface area contributed by atoms with Crippen molar-refractivity contribution in [3.8, 4) is 11.5 Å². The summed E-state index contributed by atoms with van der Waals surface area (Å²) in [5, 5.41) is 3.65. The molecule has 5 rings (SSSR count). The van der Waals surface area contributed by atoms with Gasteiger partial charge in [0, 0.05) is 5.69 Å². The topological polar surface area (TPSA) is 55.1 Å². The highest BCUT2D eigenvalue weighted by Crippen LogP contribution is 2.39. The summed E-state index contributed by atoms with van der Waals surface area (Å²) in [6.07, 6.45) is 4.54. The molecule has 3 aromatic carbocycles. The van der Waals surface area contributed by atoms with E-state index < -0.39 is 0 Å². The predicted molar refractivity (Wildman–Crippen MR) is 124 cm³/mol. The highest BCUT2D eigenvalue weighted by Gasteiger charge is 2.32. The Labute approximate surface area is 186 Å². The first kappa shape index (κ1) is 19.8. The number of nitrogens with zero attached hydrogens (tertiary/aromatic N) is 1. The number of rotatable bonds is 5. The molecule has 1 N–H and O–H groups in total. The van der Waals surface area contributed by atoms with Crippen LogP contribution in [0.15, 0.2) is 77.2 Å². The Kier molecular flexibility index (Phi) is 5.47. The molecule has 156 valence electrons. The van der Waals surface area contributed by atoms with Crippen molar-refractivity contribution in [1.29, 1.82) is 0 Å². The summed E-state index contributed by atoms with van der Waals surface area (Å²) >= 11 is 6.44. The quantitative estimate of drug-likeness (QED) is 0.368. The highest BCUT2D eigenvalue weighted by molar-refractivity contribution is 6.33. The number of hydrogen-bond acceptors (Lipinski definition) is 3. The molecule has 1 aliphatic rings. The molecular formula is C26H23ClN2O2.